The number of amides is 1. The van der Waals surface area contributed by atoms with Crippen molar-refractivity contribution in [1.29, 1.82) is 0 Å². The maximum atomic E-state index is 12.2. The fraction of sp³-hybridized carbons (Fsp3) is 0.176. The summed E-state index contributed by atoms with van der Waals surface area (Å²) in [5, 5.41) is 5.83. The maximum absolute atomic E-state index is 12.2. The van der Waals surface area contributed by atoms with Crippen LogP contribution in [-0.4, -0.2) is 29.0 Å². The van der Waals surface area contributed by atoms with E-state index in [2.05, 4.69) is 20.0 Å². The Morgan fingerprint density at radius 2 is 1.96 bits per heavy atom. The highest BCUT2D eigenvalue weighted by molar-refractivity contribution is 7.16. The van der Waals surface area contributed by atoms with Crippen LogP contribution in [-0.2, 0) is 16.0 Å². The normalized spacial score (nSPS) is 10.5. The molecule has 0 atom stereocenters. The minimum atomic E-state index is -0.513. The van der Waals surface area contributed by atoms with Gasteiger partial charge in [-0.25, -0.2) is 14.8 Å². The second-order valence-corrected chi connectivity index (χ2v) is 7.21. The molecule has 1 aromatic carbocycles. The molecule has 0 unspecified atom stereocenters. The molecule has 0 saturated carbocycles. The van der Waals surface area contributed by atoms with Gasteiger partial charge in [0.25, 0.3) is 0 Å². The Morgan fingerprint density at radius 3 is 2.68 bits per heavy atom. The Bertz CT molecular complexity index is 903. The molecule has 0 aliphatic carbocycles. The van der Waals surface area contributed by atoms with Gasteiger partial charge in [0.1, 0.15) is 5.01 Å². The van der Waals surface area contributed by atoms with Gasteiger partial charge in [-0.15, -0.1) is 22.7 Å². The lowest BCUT2D eigenvalue weighted by atomic mass is 10.2. The molecular weight excluding hydrogens is 358 g/mol. The fourth-order valence-corrected chi connectivity index (χ4v) is 3.81. The van der Waals surface area contributed by atoms with E-state index in [9.17, 15) is 9.59 Å². The van der Waals surface area contributed by atoms with Crippen molar-refractivity contribution < 1.29 is 14.3 Å². The van der Waals surface area contributed by atoms with E-state index in [1.54, 1.807) is 6.92 Å². The molecule has 8 heteroatoms. The van der Waals surface area contributed by atoms with Crippen molar-refractivity contribution in [3.05, 3.63) is 52.0 Å². The number of benzene rings is 1. The number of hydrogen-bond donors (Lipinski definition) is 1. The minimum absolute atomic E-state index is 0.148. The smallest absolute Gasteiger partial charge is 0.357 e. The average Bonchev–Trinajstić information content (AvgIpc) is 3.21. The van der Waals surface area contributed by atoms with Crippen LogP contribution < -0.4 is 5.32 Å². The molecule has 0 spiro atoms. The second kappa shape index (κ2) is 7.54. The number of rotatable bonds is 5. The van der Waals surface area contributed by atoms with Crippen molar-refractivity contribution in [3.8, 4) is 10.6 Å². The Balaban J connectivity index is 1.65. The van der Waals surface area contributed by atoms with Gasteiger partial charge in [0.2, 0.25) is 5.91 Å². The number of hydrogen-bond acceptors (Lipinski definition) is 7. The molecule has 128 valence electrons. The predicted octanol–water partition coefficient (Wildman–Crippen LogP) is 3.54. The van der Waals surface area contributed by atoms with Crippen LogP contribution in [0.4, 0.5) is 5.13 Å². The van der Waals surface area contributed by atoms with Crippen LogP contribution in [0.5, 0.6) is 0 Å². The minimum Gasteiger partial charge on any atom is -0.464 e. The lowest BCUT2D eigenvalue weighted by Crippen LogP contribution is -2.14. The van der Waals surface area contributed by atoms with Crippen LogP contribution in [0.25, 0.3) is 10.6 Å². The van der Waals surface area contributed by atoms with Gasteiger partial charge >= 0.3 is 5.97 Å². The summed E-state index contributed by atoms with van der Waals surface area (Å²) >= 11 is 2.74. The quantitative estimate of drug-likeness (QED) is 0.692. The average molecular weight is 373 g/mol. The maximum Gasteiger partial charge on any atom is 0.357 e. The number of carbonyl (C=O) groups is 2. The van der Waals surface area contributed by atoms with Crippen LogP contribution in [0.3, 0.4) is 0 Å². The Hall–Kier alpha value is -2.58. The van der Waals surface area contributed by atoms with E-state index >= 15 is 0 Å². The van der Waals surface area contributed by atoms with Crippen molar-refractivity contribution in [3.63, 3.8) is 0 Å². The van der Waals surface area contributed by atoms with Gasteiger partial charge in [-0.1, -0.05) is 30.3 Å². The largest absolute Gasteiger partial charge is 0.464 e. The summed E-state index contributed by atoms with van der Waals surface area (Å²) in [6.07, 6.45) is 0.148. The number of esters is 1. The molecular formula is C17H15N3O3S2. The lowest BCUT2D eigenvalue weighted by molar-refractivity contribution is -0.115. The summed E-state index contributed by atoms with van der Waals surface area (Å²) in [4.78, 5) is 33.1. The molecule has 0 bridgehead atoms. The number of ether oxygens (including phenoxy) is 1. The van der Waals surface area contributed by atoms with Crippen molar-refractivity contribution in [2.45, 2.75) is 13.3 Å². The van der Waals surface area contributed by atoms with Crippen molar-refractivity contribution in [2.75, 3.05) is 12.4 Å². The predicted molar refractivity (Wildman–Crippen MR) is 98.1 cm³/mol. The van der Waals surface area contributed by atoms with E-state index in [0.29, 0.717) is 15.7 Å². The number of nitrogens with one attached hydrogen (secondary N) is 1. The second-order valence-electron chi connectivity index (χ2n) is 5.15. The van der Waals surface area contributed by atoms with Crippen molar-refractivity contribution in [1.82, 2.24) is 9.97 Å². The molecule has 2 heterocycles. The number of methoxy groups -OCH3 is 1. The third kappa shape index (κ3) is 4.09. The molecule has 3 rings (SSSR count). The molecule has 0 aliphatic rings. The first kappa shape index (κ1) is 17.2. The van der Waals surface area contributed by atoms with Gasteiger partial charge in [0.15, 0.2) is 10.8 Å². The number of thiazole rings is 2. The highest BCUT2D eigenvalue weighted by Gasteiger charge is 2.17. The van der Waals surface area contributed by atoms with Gasteiger partial charge in [0, 0.05) is 15.8 Å². The van der Waals surface area contributed by atoms with Crippen LogP contribution >= 0.6 is 22.7 Å². The highest BCUT2D eigenvalue weighted by Crippen LogP contribution is 2.25. The molecule has 1 amide bonds. The third-order valence-electron chi connectivity index (χ3n) is 3.34. The highest BCUT2D eigenvalue weighted by atomic mass is 32.1. The van der Waals surface area contributed by atoms with Crippen LogP contribution in [0.15, 0.2) is 35.7 Å². The zero-order chi connectivity index (χ0) is 17.8. The van der Waals surface area contributed by atoms with Crippen LogP contribution in [0, 0.1) is 6.92 Å². The van der Waals surface area contributed by atoms with Gasteiger partial charge in [-0.2, -0.15) is 0 Å². The standard InChI is InChI=1S/C17H15N3O3S2/c1-10-14(16(22)23-2)20-17(25-10)19-13(21)8-12-9-24-15(18-12)11-6-4-3-5-7-11/h3-7,9H,8H2,1-2H3,(H,19,20,21). The number of anilines is 1. The SMILES string of the molecule is COC(=O)c1nc(NC(=O)Cc2csc(-c3ccccc3)n2)sc1C. The van der Waals surface area contributed by atoms with E-state index in [1.165, 1.54) is 29.8 Å². The van der Waals surface area contributed by atoms with Gasteiger partial charge < -0.3 is 10.1 Å². The van der Waals surface area contributed by atoms with Gasteiger partial charge in [0.05, 0.1) is 19.2 Å². The Morgan fingerprint density at radius 1 is 1.20 bits per heavy atom. The number of aromatic nitrogens is 2. The molecule has 0 radical (unpaired) electrons. The molecule has 0 fully saturated rings. The van der Waals surface area contributed by atoms with E-state index < -0.39 is 5.97 Å². The Labute approximate surface area is 152 Å². The van der Waals surface area contributed by atoms with E-state index in [0.717, 1.165) is 10.6 Å². The first-order valence-electron chi connectivity index (χ1n) is 7.42. The van der Waals surface area contributed by atoms with E-state index in [-0.39, 0.29) is 18.0 Å². The van der Waals surface area contributed by atoms with Crippen molar-refractivity contribution >= 4 is 39.7 Å². The molecule has 25 heavy (non-hydrogen) atoms. The fourth-order valence-electron chi connectivity index (χ4n) is 2.17. The molecule has 1 N–H and O–H groups in total. The zero-order valence-electron chi connectivity index (χ0n) is 13.6. The molecule has 6 nitrogen and oxygen atoms in total. The molecule has 3 aromatic rings. The van der Waals surface area contributed by atoms with E-state index in [4.69, 9.17) is 0 Å². The summed E-state index contributed by atoms with van der Waals surface area (Å²) in [5.74, 6) is -0.740. The molecule has 0 aliphatic heterocycles. The summed E-state index contributed by atoms with van der Waals surface area (Å²) in [7, 11) is 1.30. The monoisotopic (exact) mass is 373 g/mol. The van der Waals surface area contributed by atoms with Gasteiger partial charge in [-0.05, 0) is 6.92 Å². The third-order valence-corrected chi connectivity index (χ3v) is 5.16. The van der Waals surface area contributed by atoms with Crippen molar-refractivity contribution in [2.24, 2.45) is 0 Å². The van der Waals surface area contributed by atoms with Gasteiger partial charge in [-0.3, -0.25) is 4.79 Å². The van der Waals surface area contributed by atoms with Crippen LogP contribution in [0.1, 0.15) is 21.1 Å². The Kier molecular flexibility index (Phi) is 5.20. The molecule has 0 saturated heterocycles. The number of carbonyl (C=O) groups excluding carboxylic acids is 2. The van der Waals surface area contributed by atoms with Crippen LogP contribution in [0.2, 0.25) is 0 Å². The first-order valence-corrected chi connectivity index (χ1v) is 9.12. The lowest BCUT2D eigenvalue weighted by Gasteiger charge is -1.99. The molecule has 2 aromatic heterocycles. The number of aryl methyl sites for hydroxylation is 1. The first-order chi connectivity index (χ1) is 12.1. The zero-order valence-corrected chi connectivity index (χ0v) is 15.2. The topological polar surface area (TPSA) is 81.2 Å². The summed E-state index contributed by atoms with van der Waals surface area (Å²) < 4.78 is 4.66. The van der Waals surface area contributed by atoms with E-state index in [1.807, 2.05) is 35.7 Å². The summed E-state index contributed by atoms with van der Waals surface area (Å²) in [6.45, 7) is 1.76. The number of nitrogens with zero attached hydrogens (tertiary/aromatic N) is 2. The summed E-state index contributed by atoms with van der Waals surface area (Å²) in [6, 6.07) is 9.81. The summed E-state index contributed by atoms with van der Waals surface area (Å²) in [5.41, 5.74) is 1.95.